The summed E-state index contributed by atoms with van der Waals surface area (Å²) in [5.41, 5.74) is 6.93. The number of hydrogen-bond acceptors (Lipinski definition) is 4. The van der Waals surface area contributed by atoms with Gasteiger partial charge in [0, 0.05) is 6.54 Å². The molecule has 2 atom stereocenters. The van der Waals surface area contributed by atoms with Crippen molar-refractivity contribution < 1.29 is 9.53 Å². The van der Waals surface area contributed by atoms with Crippen molar-refractivity contribution >= 4 is 18.3 Å². The number of nitrogens with one attached hydrogen (secondary N) is 1. The Morgan fingerprint density at radius 1 is 1.41 bits per heavy atom. The number of rotatable bonds is 8. The van der Waals surface area contributed by atoms with Crippen LogP contribution < -0.4 is 15.8 Å². The second-order valence-corrected chi connectivity index (χ2v) is 5.40. The average Bonchev–Trinajstić information content (AvgIpc) is 2.47. The smallest absolute Gasteiger partial charge is 0.236 e. The molecule has 1 rings (SSSR count). The van der Waals surface area contributed by atoms with Crippen molar-refractivity contribution in [3.8, 4) is 5.75 Å². The molecule has 0 spiro atoms. The predicted octanol–water partition coefficient (Wildman–Crippen LogP) is 1.96. The van der Waals surface area contributed by atoms with Crippen LogP contribution in [0, 0.1) is 0 Å². The van der Waals surface area contributed by atoms with Crippen molar-refractivity contribution in [1.82, 2.24) is 10.2 Å². The zero-order chi connectivity index (χ0) is 15.8. The highest BCUT2D eigenvalue weighted by molar-refractivity contribution is 5.85. The second kappa shape index (κ2) is 10.4. The molecule has 6 heteroatoms. The number of nitrogens with zero attached hydrogens (tertiary/aromatic N) is 1. The number of ether oxygens (including phenoxy) is 1. The molecule has 0 bridgehead atoms. The van der Waals surface area contributed by atoms with Crippen molar-refractivity contribution in [2.24, 2.45) is 5.73 Å². The third kappa shape index (κ3) is 6.22. The summed E-state index contributed by atoms with van der Waals surface area (Å²) in [6, 6.07) is 7.54. The molecular weight excluding hydrogens is 302 g/mol. The molecule has 0 aliphatic heterocycles. The molecule has 126 valence electrons. The third-order valence-electron chi connectivity index (χ3n) is 3.51. The van der Waals surface area contributed by atoms with E-state index in [1.165, 1.54) is 0 Å². The maximum atomic E-state index is 11.9. The van der Waals surface area contributed by atoms with Gasteiger partial charge in [-0.2, -0.15) is 0 Å². The van der Waals surface area contributed by atoms with Gasteiger partial charge in [-0.15, -0.1) is 12.4 Å². The zero-order valence-corrected chi connectivity index (χ0v) is 14.7. The fourth-order valence-corrected chi connectivity index (χ4v) is 2.22. The lowest BCUT2D eigenvalue weighted by Gasteiger charge is -2.26. The molecule has 5 nitrogen and oxygen atoms in total. The van der Waals surface area contributed by atoms with E-state index in [9.17, 15) is 4.79 Å². The molecular formula is C16H28ClN3O2. The Kier molecular flexibility index (Phi) is 9.81. The quantitative estimate of drug-likeness (QED) is 0.765. The van der Waals surface area contributed by atoms with Gasteiger partial charge in [0.25, 0.3) is 0 Å². The van der Waals surface area contributed by atoms with Crippen LogP contribution in [0.4, 0.5) is 0 Å². The fraction of sp³-hybridized carbons (Fsp3) is 0.562. The van der Waals surface area contributed by atoms with Crippen LogP contribution in [0.3, 0.4) is 0 Å². The summed E-state index contributed by atoms with van der Waals surface area (Å²) in [7, 11) is 5.62. The maximum Gasteiger partial charge on any atom is 0.236 e. The van der Waals surface area contributed by atoms with Crippen molar-refractivity contribution in [2.45, 2.75) is 31.8 Å². The van der Waals surface area contributed by atoms with Gasteiger partial charge in [0.1, 0.15) is 5.75 Å². The van der Waals surface area contributed by atoms with E-state index in [-0.39, 0.29) is 24.4 Å². The Hall–Kier alpha value is -1.30. The molecule has 0 aromatic heterocycles. The van der Waals surface area contributed by atoms with Gasteiger partial charge < -0.3 is 20.7 Å². The Morgan fingerprint density at radius 2 is 2.09 bits per heavy atom. The van der Waals surface area contributed by atoms with Gasteiger partial charge in [-0.3, -0.25) is 4.79 Å². The fourth-order valence-electron chi connectivity index (χ4n) is 2.22. The summed E-state index contributed by atoms with van der Waals surface area (Å²) >= 11 is 0. The summed E-state index contributed by atoms with van der Waals surface area (Å²) in [5.74, 6) is 0.722. The van der Waals surface area contributed by atoms with E-state index < -0.39 is 6.04 Å². The molecule has 0 radical (unpaired) electrons. The lowest BCUT2D eigenvalue weighted by Crippen LogP contribution is -2.43. The summed E-state index contributed by atoms with van der Waals surface area (Å²) in [5, 5.41) is 2.94. The van der Waals surface area contributed by atoms with E-state index >= 15 is 0 Å². The van der Waals surface area contributed by atoms with E-state index in [2.05, 4.69) is 10.2 Å². The van der Waals surface area contributed by atoms with Gasteiger partial charge in [0.15, 0.2) is 0 Å². The van der Waals surface area contributed by atoms with Gasteiger partial charge in [0.05, 0.1) is 19.2 Å². The second-order valence-electron chi connectivity index (χ2n) is 5.40. The highest BCUT2D eigenvalue weighted by atomic mass is 35.5. The number of carbonyl (C=O) groups is 1. The topological polar surface area (TPSA) is 67.6 Å². The van der Waals surface area contributed by atoms with E-state index in [4.69, 9.17) is 10.5 Å². The first-order valence-electron chi connectivity index (χ1n) is 7.33. The number of hydrogen-bond donors (Lipinski definition) is 2. The lowest BCUT2D eigenvalue weighted by molar-refractivity contribution is -0.122. The van der Waals surface area contributed by atoms with Crippen LogP contribution >= 0.6 is 12.4 Å². The minimum Gasteiger partial charge on any atom is -0.497 e. The van der Waals surface area contributed by atoms with Gasteiger partial charge >= 0.3 is 0 Å². The van der Waals surface area contributed by atoms with Gasteiger partial charge in [-0.05, 0) is 38.2 Å². The number of carbonyl (C=O) groups excluding carboxylic acids is 1. The molecule has 0 fully saturated rings. The molecule has 0 aliphatic rings. The Bertz CT molecular complexity index is 455. The number of amides is 1. The zero-order valence-electron chi connectivity index (χ0n) is 13.8. The molecule has 1 aromatic rings. The van der Waals surface area contributed by atoms with Crippen molar-refractivity contribution in [2.75, 3.05) is 27.7 Å². The first-order chi connectivity index (χ1) is 9.99. The summed E-state index contributed by atoms with van der Waals surface area (Å²) in [4.78, 5) is 14.0. The van der Waals surface area contributed by atoms with Crippen molar-refractivity contribution in [1.29, 1.82) is 0 Å². The SMILES string of the molecule is CCCC(N)C(=O)NCC(c1cccc(OC)c1)N(C)C.Cl. The van der Waals surface area contributed by atoms with Crippen molar-refractivity contribution in [3.05, 3.63) is 29.8 Å². The minimum absolute atomic E-state index is 0. The van der Waals surface area contributed by atoms with Crippen LogP contribution in [0.1, 0.15) is 31.4 Å². The molecule has 0 saturated carbocycles. The largest absolute Gasteiger partial charge is 0.497 e. The van der Waals surface area contributed by atoms with Crippen LogP contribution in [-0.2, 0) is 4.79 Å². The summed E-state index contributed by atoms with van der Waals surface area (Å²) in [6.45, 7) is 2.54. The molecule has 1 aromatic carbocycles. The molecule has 0 saturated heterocycles. The first-order valence-corrected chi connectivity index (χ1v) is 7.33. The number of likely N-dealkylation sites (N-methyl/N-ethyl adjacent to an activating group) is 1. The average molecular weight is 330 g/mol. The molecule has 0 aliphatic carbocycles. The molecule has 0 heterocycles. The van der Waals surface area contributed by atoms with Gasteiger partial charge in [0.2, 0.25) is 5.91 Å². The van der Waals surface area contributed by atoms with Gasteiger partial charge in [-0.25, -0.2) is 0 Å². The molecule has 3 N–H and O–H groups in total. The van der Waals surface area contributed by atoms with Crippen LogP contribution in [0.5, 0.6) is 5.75 Å². The highest BCUT2D eigenvalue weighted by Gasteiger charge is 2.18. The standard InChI is InChI=1S/C16H27N3O2.ClH/c1-5-7-14(17)16(20)18-11-15(19(2)3)12-8-6-9-13(10-12)21-4;/h6,8-10,14-15H,5,7,11,17H2,1-4H3,(H,18,20);1H. The van der Waals surface area contributed by atoms with Crippen LogP contribution in [-0.4, -0.2) is 44.6 Å². The third-order valence-corrected chi connectivity index (χ3v) is 3.51. The Labute approximate surface area is 139 Å². The molecule has 2 unspecified atom stereocenters. The molecule has 22 heavy (non-hydrogen) atoms. The van der Waals surface area contributed by atoms with Crippen molar-refractivity contribution in [3.63, 3.8) is 0 Å². The number of methoxy groups -OCH3 is 1. The van der Waals surface area contributed by atoms with Crippen LogP contribution in [0.15, 0.2) is 24.3 Å². The van der Waals surface area contributed by atoms with Crippen LogP contribution in [0.25, 0.3) is 0 Å². The Morgan fingerprint density at radius 3 is 2.64 bits per heavy atom. The predicted molar refractivity (Wildman–Crippen MR) is 92.6 cm³/mol. The summed E-state index contributed by atoms with van der Waals surface area (Å²) < 4.78 is 5.25. The molecule has 1 amide bonds. The highest BCUT2D eigenvalue weighted by Crippen LogP contribution is 2.22. The van der Waals surface area contributed by atoms with E-state index in [0.29, 0.717) is 13.0 Å². The Balaban J connectivity index is 0.00000441. The maximum absolute atomic E-state index is 11.9. The number of halogens is 1. The van der Waals surface area contributed by atoms with Gasteiger partial charge in [-0.1, -0.05) is 25.5 Å². The number of benzene rings is 1. The number of nitrogens with two attached hydrogens (primary N) is 1. The monoisotopic (exact) mass is 329 g/mol. The van der Waals surface area contributed by atoms with E-state index in [1.54, 1.807) is 7.11 Å². The lowest BCUT2D eigenvalue weighted by atomic mass is 10.1. The normalized spacial score (nSPS) is 13.2. The van der Waals surface area contributed by atoms with E-state index in [0.717, 1.165) is 17.7 Å². The summed E-state index contributed by atoms with van der Waals surface area (Å²) in [6.07, 6.45) is 1.61. The minimum atomic E-state index is -0.428. The first kappa shape index (κ1) is 20.7. The van der Waals surface area contributed by atoms with Crippen LogP contribution in [0.2, 0.25) is 0 Å². The van der Waals surface area contributed by atoms with E-state index in [1.807, 2.05) is 45.3 Å².